The lowest BCUT2D eigenvalue weighted by Gasteiger charge is -2.08. The maximum absolute atomic E-state index is 11.7. The van der Waals surface area contributed by atoms with Crippen LogP contribution in [0.25, 0.3) is 10.4 Å². The summed E-state index contributed by atoms with van der Waals surface area (Å²) in [6.07, 6.45) is 0. The third-order valence-corrected chi connectivity index (χ3v) is 4.05. The molecule has 2 rings (SSSR count). The van der Waals surface area contributed by atoms with Crippen molar-refractivity contribution in [2.75, 3.05) is 6.61 Å². The van der Waals surface area contributed by atoms with Crippen molar-refractivity contribution in [2.24, 2.45) is 0 Å². The molecule has 0 saturated heterocycles. The van der Waals surface area contributed by atoms with Gasteiger partial charge in [-0.2, -0.15) is 0 Å². The molecular weight excluding hydrogens is 312 g/mol. The van der Waals surface area contributed by atoms with Crippen LogP contribution in [0.1, 0.15) is 22.8 Å². The summed E-state index contributed by atoms with van der Waals surface area (Å²) in [5.41, 5.74) is 2.87. The molecule has 4 heteroatoms. The van der Waals surface area contributed by atoms with E-state index < -0.39 is 0 Å². The van der Waals surface area contributed by atoms with Gasteiger partial charge in [-0.3, -0.25) is 0 Å². The molecule has 1 aromatic carbocycles. The quantitative estimate of drug-likeness (QED) is 0.612. The molecule has 0 bridgehead atoms. The molecule has 0 fully saturated rings. The molecule has 18 heavy (non-hydrogen) atoms. The zero-order valence-electron chi connectivity index (χ0n) is 9.98. The SMILES string of the molecule is CCOC(=O)c1ccc(-c2cccs2)c(CBr)c1. The monoisotopic (exact) mass is 324 g/mol. The Bertz CT molecular complexity index is 535. The normalized spacial score (nSPS) is 10.3. The standard InChI is InChI=1S/C14H13BrO2S/c1-2-17-14(16)10-5-6-12(11(8-10)9-15)13-4-3-7-18-13/h3-8H,2,9H2,1H3. The first-order valence-corrected chi connectivity index (χ1v) is 7.66. The second kappa shape index (κ2) is 6.16. The number of thiophene rings is 1. The topological polar surface area (TPSA) is 26.3 Å². The van der Waals surface area contributed by atoms with Crippen molar-refractivity contribution in [2.45, 2.75) is 12.3 Å². The van der Waals surface area contributed by atoms with Crippen LogP contribution in [0.15, 0.2) is 35.7 Å². The first-order chi connectivity index (χ1) is 8.76. The number of ether oxygens (including phenoxy) is 1. The Labute approximate surface area is 119 Å². The zero-order valence-corrected chi connectivity index (χ0v) is 12.4. The van der Waals surface area contributed by atoms with Crippen molar-refractivity contribution in [1.29, 1.82) is 0 Å². The van der Waals surface area contributed by atoms with Gasteiger partial charge in [-0.15, -0.1) is 11.3 Å². The molecule has 0 amide bonds. The lowest BCUT2D eigenvalue weighted by molar-refractivity contribution is 0.0526. The van der Waals surface area contributed by atoms with E-state index in [1.54, 1.807) is 11.3 Å². The summed E-state index contributed by atoms with van der Waals surface area (Å²) < 4.78 is 5.01. The first-order valence-electron chi connectivity index (χ1n) is 5.66. The minimum atomic E-state index is -0.266. The van der Waals surface area contributed by atoms with E-state index in [0.717, 1.165) is 11.1 Å². The number of esters is 1. The Hall–Kier alpha value is -1.13. The maximum Gasteiger partial charge on any atom is 0.338 e. The van der Waals surface area contributed by atoms with Crippen molar-refractivity contribution >= 4 is 33.2 Å². The van der Waals surface area contributed by atoms with Gasteiger partial charge in [0.05, 0.1) is 12.2 Å². The van der Waals surface area contributed by atoms with Gasteiger partial charge in [0.15, 0.2) is 0 Å². The van der Waals surface area contributed by atoms with Crippen LogP contribution in [0, 0.1) is 0 Å². The number of carbonyl (C=O) groups excluding carboxylic acids is 1. The first kappa shape index (κ1) is 13.3. The Balaban J connectivity index is 2.38. The molecule has 0 aliphatic heterocycles. The predicted molar refractivity (Wildman–Crippen MR) is 78.3 cm³/mol. The highest BCUT2D eigenvalue weighted by molar-refractivity contribution is 9.08. The highest BCUT2D eigenvalue weighted by Crippen LogP contribution is 2.30. The van der Waals surface area contributed by atoms with E-state index in [1.165, 1.54) is 4.88 Å². The summed E-state index contributed by atoms with van der Waals surface area (Å²) in [7, 11) is 0. The molecule has 2 aromatic rings. The summed E-state index contributed by atoms with van der Waals surface area (Å²) in [6.45, 7) is 2.21. The van der Waals surface area contributed by atoms with Gasteiger partial charge >= 0.3 is 5.97 Å². The van der Waals surface area contributed by atoms with E-state index in [2.05, 4.69) is 22.0 Å². The molecule has 0 N–H and O–H groups in total. The molecule has 0 saturated carbocycles. The van der Waals surface area contributed by atoms with Gasteiger partial charge in [0.2, 0.25) is 0 Å². The van der Waals surface area contributed by atoms with E-state index in [-0.39, 0.29) is 5.97 Å². The molecule has 1 aromatic heterocycles. The van der Waals surface area contributed by atoms with E-state index in [0.29, 0.717) is 17.5 Å². The van der Waals surface area contributed by atoms with Crippen molar-refractivity contribution in [3.05, 3.63) is 46.8 Å². The highest BCUT2D eigenvalue weighted by Gasteiger charge is 2.11. The fraction of sp³-hybridized carbons (Fsp3) is 0.214. The second-order valence-corrected chi connectivity index (χ2v) is 5.21. The number of benzene rings is 1. The van der Waals surface area contributed by atoms with Gasteiger partial charge in [0, 0.05) is 10.2 Å². The molecule has 0 unspecified atom stereocenters. The van der Waals surface area contributed by atoms with E-state index in [4.69, 9.17) is 4.74 Å². The van der Waals surface area contributed by atoms with Gasteiger partial charge in [0.1, 0.15) is 0 Å². The van der Waals surface area contributed by atoms with Crippen molar-refractivity contribution in [3.63, 3.8) is 0 Å². The third kappa shape index (κ3) is 2.82. The van der Waals surface area contributed by atoms with E-state index >= 15 is 0 Å². The van der Waals surface area contributed by atoms with Crippen LogP contribution in [0.4, 0.5) is 0 Å². The number of hydrogen-bond donors (Lipinski definition) is 0. The summed E-state index contributed by atoms with van der Waals surface area (Å²) in [5, 5.41) is 2.76. The number of hydrogen-bond acceptors (Lipinski definition) is 3. The fourth-order valence-corrected chi connectivity index (χ4v) is 2.97. The smallest absolute Gasteiger partial charge is 0.338 e. The Morgan fingerprint density at radius 2 is 2.22 bits per heavy atom. The minimum Gasteiger partial charge on any atom is -0.462 e. The van der Waals surface area contributed by atoms with Crippen LogP contribution < -0.4 is 0 Å². The lowest BCUT2D eigenvalue weighted by Crippen LogP contribution is -2.05. The number of carbonyl (C=O) groups is 1. The van der Waals surface area contributed by atoms with Crippen molar-refractivity contribution in [3.8, 4) is 10.4 Å². The lowest BCUT2D eigenvalue weighted by atomic mass is 10.0. The van der Waals surface area contributed by atoms with Gasteiger partial charge in [-0.1, -0.05) is 28.1 Å². The van der Waals surface area contributed by atoms with Gasteiger partial charge in [0.25, 0.3) is 0 Å². The highest BCUT2D eigenvalue weighted by atomic mass is 79.9. The molecule has 2 nitrogen and oxygen atoms in total. The van der Waals surface area contributed by atoms with Crippen LogP contribution in [-0.2, 0) is 10.1 Å². The van der Waals surface area contributed by atoms with E-state index in [1.807, 2.05) is 36.6 Å². The van der Waals surface area contributed by atoms with Crippen LogP contribution in [0.5, 0.6) is 0 Å². The summed E-state index contributed by atoms with van der Waals surface area (Å²) >= 11 is 5.16. The van der Waals surface area contributed by atoms with Crippen molar-refractivity contribution < 1.29 is 9.53 Å². The Morgan fingerprint density at radius 1 is 1.39 bits per heavy atom. The predicted octanol–water partition coefficient (Wildman–Crippen LogP) is 4.49. The summed E-state index contributed by atoms with van der Waals surface area (Å²) in [4.78, 5) is 12.9. The van der Waals surface area contributed by atoms with Crippen LogP contribution in [-0.4, -0.2) is 12.6 Å². The fourth-order valence-electron chi connectivity index (χ4n) is 1.72. The summed E-state index contributed by atoms with van der Waals surface area (Å²) in [5.74, 6) is -0.266. The average Bonchev–Trinajstić information content (AvgIpc) is 2.92. The van der Waals surface area contributed by atoms with Gasteiger partial charge in [-0.25, -0.2) is 4.79 Å². The van der Waals surface area contributed by atoms with Gasteiger partial charge < -0.3 is 4.74 Å². The molecule has 0 aliphatic carbocycles. The second-order valence-electron chi connectivity index (χ2n) is 3.70. The Kier molecular flexibility index (Phi) is 4.55. The summed E-state index contributed by atoms with van der Waals surface area (Å²) in [6, 6.07) is 9.79. The number of halogens is 1. The molecular formula is C14H13BrO2S. The molecule has 1 heterocycles. The maximum atomic E-state index is 11.7. The van der Waals surface area contributed by atoms with Crippen molar-refractivity contribution in [1.82, 2.24) is 0 Å². The average molecular weight is 325 g/mol. The third-order valence-electron chi connectivity index (χ3n) is 2.55. The van der Waals surface area contributed by atoms with Crippen LogP contribution in [0.3, 0.4) is 0 Å². The zero-order chi connectivity index (χ0) is 13.0. The van der Waals surface area contributed by atoms with E-state index in [9.17, 15) is 4.79 Å². The minimum absolute atomic E-state index is 0.266. The molecule has 0 radical (unpaired) electrons. The Morgan fingerprint density at radius 3 is 2.83 bits per heavy atom. The number of alkyl halides is 1. The molecule has 0 aliphatic rings. The molecule has 0 spiro atoms. The van der Waals surface area contributed by atoms with Crippen LogP contribution in [0.2, 0.25) is 0 Å². The largest absolute Gasteiger partial charge is 0.462 e. The van der Waals surface area contributed by atoms with Crippen LogP contribution >= 0.6 is 27.3 Å². The molecule has 0 atom stereocenters. The number of rotatable bonds is 4. The molecule has 94 valence electrons. The van der Waals surface area contributed by atoms with Gasteiger partial charge in [-0.05, 0) is 41.6 Å².